The van der Waals surface area contributed by atoms with Crippen LogP contribution >= 0.6 is 15.9 Å². The summed E-state index contributed by atoms with van der Waals surface area (Å²) in [5.41, 5.74) is -0.909. The zero-order chi connectivity index (χ0) is 11.6. The zero-order valence-electron chi connectivity index (χ0n) is 7.58. The Morgan fingerprint density at radius 3 is 2.67 bits per heavy atom. The number of nitrogens with zero attached hydrogens (tertiary/aromatic N) is 1. The Hall–Kier alpha value is -1.50. The van der Waals surface area contributed by atoms with Crippen molar-refractivity contribution >= 4 is 33.2 Å². The van der Waals surface area contributed by atoms with E-state index in [0.29, 0.717) is 0 Å². The van der Waals surface area contributed by atoms with Crippen LogP contribution < -0.4 is 5.32 Å². The number of hydrogen-bond acceptors (Lipinski definition) is 3. The van der Waals surface area contributed by atoms with Gasteiger partial charge in [-0.25, -0.2) is 0 Å². The summed E-state index contributed by atoms with van der Waals surface area (Å²) < 4.78 is 13.3. The molecule has 1 amide bonds. The number of benzene rings is 1. The number of halogens is 2. The normalized spacial score (nSPS) is 9.80. The van der Waals surface area contributed by atoms with E-state index in [4.69, 9.17) is 0 Å². The van der Waals surface area contributed by atoms with Gasteiger partial charge in [0.05, 0.1) is 9.40 Å². The first-order valence-electron chi connectivity index (χ1n) is 3.83. The summed E-state index contributed by atoms with van der Waals surface area (Å²) in [6, 6.07) is 2.54. The molecule has 0 aromatic heterocycles. The summed E-state index contributed by atoms with van der Waals surface area (Å²) in [6.45, 7) is 1.18. The van der Waals surface area contributed by atoms with Gasteiger partial charge in [-0.1, -0.05) is 0 Å². The van der Waals surface area contributed by atoms with E-state index in [1.165, 1.54) is 19.1 Å². The molecule has 0 saturated heterocycles. The van der Waals surface area contributed by atoms with Gasteiger partial charge in [-0.2, -0.15) is 4.39 Å². The lowest BCUT2D eigenvalue weighted by molar-refractivity contribution is -0.386. The predicted octanol–water partition coefficient (Wildman–Crippen LogP) is 2.45. The van der Waals surface area contributed by atoms with Gasteiger partial charge in [0, 0.05) is 6.92 Å². The van der Waals surface area contributed by atoms with Gasteiger partial charge in [-0.15, -0.1) is 0 Å². The molecule has 0 unspecified atom stereocenters. The molecule has 0 aliphatic carbocycles. The molecule has 1 aromatic rings. The van der Waals surface area contributed by atoms with Gasteiger partial charge in [-0.3, -0.25) is 14.9 Å². The van der Waals surface area contributed by atoms with Crippen LogP contribution in [0.3, 0.4) is 0 Å². The van der Waals surface area contributed by atoms with Crippen LogP contribution in [0.2, 0.25) is 0 Å². The predicted molar refractivity (Wildman–Crippen MR) is 55.1 cm³/mol. The van der Waals surface area contributed by atoms with E-state index in [2.05, 4.69) is 21.2 Å². The number of hydrogen-bond donors (Lipinski definition) is 1. The molecule has 7 heteroatoms. The lowest BCUT2D eigenvalue weighted by Crippen LogP contribution is -2.09. The van der Waals surface area contributed by atoms with E-state index in [1.54, 1.807) is 0 Å². The Kier molecular flexibility index (Phi) is 3.35. The van der Waals surface area contributed by atoms with Crippen LogP contribution in [0, 0.1) is 15.9 Å². The molecule has 1 N–H and O–H groups in total. The lowest BCUT2D eigenvalue weighted by Gasteiger charge is -2.04. The quantitative estimate of drug-likeness (QED) is 0.666. The SMILES string of the molecule is CC(=O)Nc1ccc(Br)c(F)c1[N+](=O)[O-]. The highest BCUT2D eigenvalue weighted by Crippen LogP contribution is 2.32. The molecule has 0 radical (unpaired) electrons. The minimum absolute atomic E-state index is 0.0247. The molecule has 5 nitrogen and oxygen atoms in total. The van der Waals surface area contributed by atoms with Gasteiger partial charge < -0.3 is 5.32 Å². The van der Waals surface area contributed by atoms with Gasteiger partial charge in [0.15, 0.2) is 0 Å². The maximum absolute atomic E-state index is 13.3. The van der Waals surface area contributed by atoms with Crippen molar-refractivity contribution in [2.45, 2.75) is 6.92 Å². The van der Waals surface area contributed by atoms with Crippen molar-refractivity contribution in [1.82, 2.24) is 0 Å². The molecular weight excluding hydrogens is 271 g/mol. The number of carbonyl (C=O) groups excluding carboxylic acids is 1. The summed E-state index contributed by atoms with van der Waals surface area (Å²) in [4.78, 5) is 20.4. The Morgan fingerprint density at radius 1 is 1.60 bits per heavy atom. The highest BCUT2D eigenvalue weighted by molar-refractivity contribution is 9.10. The van der Waals surface area contributed by atoms with Crippen molar-refractivity contribution in [2.24, 2.45) is 0 Å². The Labute approximate surface area is 92.6 Å². The number of nitrogens with one attached hydrogen (secondary N) is 1. The maximum Gasteiger partial charge on any atom is 0.329 e. The molecule has 0 atom stereocenters. The molecular formula is C8H6BrFN2O3. The number of rotatable bonds is 2. The summed E-state index contributed by atoms with van der Waals surface area (Å²) in [5, 5.41) is 12.8. The third-order valence-corrected chi connectivity index (χ3v) is 2.17. The molecule has 15 heavy (non-hydrogen) atoms. The lowest BCUT2D eigenvalue weighted by atomic mass is 10.2. The van der Waals surface area contributed by atoms with Gasteiger partial charge in [-0.05, 0) is 28.1 Å². The molecule has 0 fully saturated rings. The number of carbonyl (C=O) groups is 1. The molecule has 0 spiro atoms. The zero-order valence-corrected chi connectivity index (χ0v) is 9.17. The minimum Gasteiger partial charge on any atom is -0.321 e. The van der Waals surface area contributed by atoms with Crippen LogP contribution in [-0.4, -0.2) is 10.8 Å². The van der Waals surface area contributed by atoms with E-state index >= 15 is 0 Å². The largest absolute Gasteiger partial charge is 0.329 e. The summed E-state index contributed by atoms with van der Waals surface area (Å²) in [7, 11) is 0. The topological polar surface area (TPSA) is 72.2 Å². The average molecular weight is 277 g/mol. The second-order valence-electron chi connectivity index (χ2n) is 2.70. The van der Waals surface area contributed by atoms with Crippen molar-refractivity contribution in [3.63, 3.8) is 0 Å². The highest BCUT2D eigenvalue weighted by Gasteiger charge is 2.23. The Balaban J connectivity index is 3.33. The van der Waals surface area contributed by atoms with Crippen molar-refractivity contribution in [1.29, 1.82) is 0 Å². The molecule has 0 bridgehead atoms. The molecule has 0 aliphatic heterocycles. The second kappa shape index (κ2) is 4.35. The van der Waals surface area contributed by atoms with Gasteiger partial charge in [0.2, 0.25) is 11.7 Å². The smallest absolute Gasteiger partial charge is 0.321 e. The van der Waals surface area contributed by atoms with E-state index < -0.39 is 22.3 Å². The third kappa shape index (κ3) is 2.50. The second-order valence-corrected chi connectivity index (χ2v) is 3.55. The first kappa shape index (κ1) is 11.6. The molecule has 1 rings (SSSR count). The average Bonchev–Trinajstić information content (AvgIpc) is 2.10. The van der Waals surface area contributed by atoms with Crippen molar-refractivity contribution < 1.29 is 14.1 Å². The summed E-state index contributed by atoms with van der Waals surface area (Å²) in [6.07, 6.45) is 0. The molecule has 1 aromatic carbocycles. The fourth-order valence-corrected chi connectivity index (χ4v) is 1.33. The van der Waals surface area contributed by atoms with E-state index in [0.717, 1.165) is 0 Å². The fourth-order valence-electron chi connectivity index (χ4n) is 1.01. The standard InChI is InChI=1S/C8H6BrFN2O3/c1-4(13)11-6-3-2-5(9)7(10)8(6)12(14)15/h2-3H,1H3,(H,11,13). The van der Waals surface area contributed by atoms with Crippen LogP contribution in [0.4, 0.5) is 15.8 Å². The van der Waals surface area contributed by atoms with Crippen molar-refractivity contribution in [3.05, 3.63) is 32.5 Å². The third-order valence-electron chi connectivity index (χ3n) is 1.56. The molecule has 0 saturated carbocycles. The maximum atomic E-state index is 13.3. The fraction of sp³-hybridized carbons (Fsp3) is 0.125. The first-order valence-corrected chi connectivity index (χ1v) is 4.62. The molecule has 0 heterocycles. The molecule has 0 aliphatic rings. The van der Waals surface area contributed by atoms with E-state index in [1.807, 2.05) is 0 Å². The van der Waals surface area contributed by atoms with Crippen LogP contribution in [-0.2, 0) is 4.79 Å². The van der Waals surface area contributed by atoms with Crippen molar-refractivity contribution in [3.8, 4) is 0 Å². The van der Waals surface area contributed by atoms with Crippen molar-refractivity contribution in [2.75, 3.05) is 5.32 Å². The highest BCUT2D eigenvalue weighted by atomic mass is 79.9. The summed E-state index contributed by atoms with van der Waals surface area (Å²) in [5.74, 6) is -1.51. The Morgan fingerprint density at radius 2 is 2.20 bits per heavy atom. The molecule has 80 valence electrons. The number of nitro groups is 1. The van der Waals surface area contributed by atoms with Crippen LogP contribution in [0.1, 0.15) is 6.92 Å². The monoisotopic (exact) mass is 276 g/mol. The number of amides is 1. The van der Waals surface area contributed by atoms with Gasteiger partial charge in [0.25, 0.3) is 0 Å². The van der Waals surface area contributed by atoms with Gasteiger partial charge >= 0.3 is 5.69 Å². The van der Waals surface area contributed by atoms with Gasteiger partial charge in [0.1, 0.15) is 5.69 Å². The minimum atomic E-state index is -1.01. The Bertz CT molecular complexity index is 436. The number of nitro benzene ring substituents is 1. The van der Waals surface area contributed by atoms with E-state index in [-0.39, 0.29) is 10.2 Å². The van der Waals surface area contributed by atoms with Crippen LogP contribution in [0.5, 0.6) is 0 Å². The van der Waals surface area contributed by atoms with Crippen LogP contribution in [0.15, 0.2) is 16.6 Å². The van der Waals surface area contributed by atoms with Crippen LogP contribution in [0.25, 0.3) is 0 Å². The first-order chi connectivity index (χ1) is 6.93. The van der Waals surface area contributed by atoms with E-state index in [9.17, 15) is 19.3 Å². The summed E-state index contributed by atoms with van der Waals surface area (Å²) >= 11 is 2.82. The number of anilines is 1.